The molecule has 2 rings (SSSR count). The maximum Gasteiger partial charge on any atom is 0.311 e. The Bertz CT molecular complexity index is 599. The molecule has 0 saturated heterocycles. The van der Waals surface area contributed by atoms with Gasteiger partial charge in [-0.25, -0.2) is 4.98 Å². The lowest BCUT2D eigenvalue weighted by Gasteiger charge is -2.08. The van der Waals surface area contributed by atoms with Crippen molar-refractivity contribution in [1.82, 2.24) is 4.98 Å². The van der Waals surface area contributed by atoms with Gasteiger partial charge in [0.2, 0.25) is 11.6 Å². The van der Waals surface area contributed by atoms with Gasteiger partial charge in [-0.3, -0.25) is 10.1 Å². The molecule has 1 aromatic heterocycles. The van der Waals surface area contributed by atoms with Crippen molar-refractivity contribution in [3.05, 3.63) is 58.3 Å². The summed E-state index contributed by atoms with van der Waals surface area (Å²) in [7, 11) is 0. The monoisotopic (exact) mass is 259 g/mol. The Morgan fingerprint density at radius 2 is 2.11 bits per heavy atom. The summed E-state index contributed by atoms with van der Waals surface area (Å²) in [4.78, 5) is 14.4. The van der Waals surface area contributed by atoms with Gasteiger partial charge in [0.15, 0.2) is 0 Å². The first kappa shape index (κ1) is 13.0. The van der Waals surface area contributed by atoms with Gasteiger partial charge in [-0.2, -0.15) is 0 Å². The number of nitro groups is 1. The van der Waals surface area contributed by atoms with Crippen LogP contribution in [-0.4, -0.2) is 9.91 Å². The number of ether oxygens (including phenoxy) is 1. The number of nitrogens with two attached hydrogens (primary N) is 1. The van der Waals surface area contributed by atoms with E-state index < -0.39 is 4.92 Å². The second-order valence-electron chi connectivity index (χ2n) is 4.04. The predicted molar refractivity (Wildman–Crippen MR) is 70.0 cm³/mol. The van der Waals surface area contributed by atoms with E-state index in [0.29, 0.717) is 0 Å². The fourth-order valence-corrected chi connectivity index (χ4v) is 1.57. The van der Waals surface area contributed by atoms with E-state index in [1.165, 1.54) is 12.1 Å². The van der Waals surface area contributed by atoms with Gasteiger partial charge in [-0.15, -0.1) is 0 Å². The molecule has 0 bridgehead atoms. The van der Waals surface area contributed by atoms with Gasteiger partial charge in [0.1, 0.15) is 0 Å². The van der Waals surface area contributed by atoms with Crippen LogP contribution in [0, 0.1) is 10.1 Å². The van der Waals surface area contributed by atoms with E-state index in [4.69, 9.17) is 10.5 Å². The highest BCUT2D eigenvalue weighted by Crippen LogP contribution is 2.30. The zero-order chi connectivity index (χ0) is 13.8. The van der Waals surface area contributed by atoms with Crippen molar-refractivity contribution in [2.75, 3.05) is 0 Å². The molecule has 0 fully saturated rings. The Morgan fingerprint density at radius 1 is 1.37 bits per heavy atom. The van der Waals surface area contributed by atoms with Gasteiger partial charge in [-0.05, 0) is 24.6 Å². The van der Waals surface area contributed by atoms with E-state index >= 15 is 0 Å². The van der Waals surface area contributed by atoms with Crippen molar-refractivity contribution in [1.29, 1.82) is 0 Å². The summed E-state index contributed by atoms with van der Waals surface area (Å²) in [5, 5.41) is 10.9. The molecule has 19 heavy (non-hydrogen) atoms. The molecule has 0 amide bonds. The third-order valence-electron chi connectivity index (χ3n) is 2.56. The number of nitro benzene ring substituents is 1. The van der Waals surface area contributed by atoms with Crippen LogP contribution >= 0.6 is 0 Å². The normalized spacial score (nSPS) is 11.9. The second kappa shape index (κ2) is 5.45. The Balaban J connectivity index is 2.31. The Morgan fingerprint density at radius 3 is 2.79 bits per heavy atom. The SMILES string of the molecule is CC(N)c1ccnc(Oc2ccccc2[N+](=O)[O-])c1. The Kier molecular flexibility index (Phi) is 3.72. The van der Waals surface area contributed by atoms with Crippen LogP contribution in [0.5, 0.6) is 11.6 Å². The number of rotatable bonds is 4. The number of benzene rings is 1. The molecule has 0 saturated carbocycles. The molecule has 1 unspecified atom stereocenters. The van der Waals surface area contributed by atoms with Gasteiger partial charge >= 0.3 is 5.69 Å². The molecule has 98 valence electrons. The van der Waals surface area contributed by atoms with Crippen molar-refractivity contribution in [2.45, 2.75) is 13.0 Å². The lowest BCUT2D eigenvalue weighted by Crippen LogP contribution is -2.05. The molecule has 6 nitrogen and oxygen atoms in total. The van der Waals surface area contributed by atoms with Crippen molar-refractivity contribution in [3.63, 3.8) is 0 Å². The smallest absolute Gasteiger partial charge is 0.311 e. The first-order valence-electron chi connectivity index (χ1n) is 5.70. The van der Waals surface area contributed by atoms with Crippen LogP contribution < -0.4 is 10.5 Å². The zero-order valence-electron chi connectivity index (χ0n) is 10.3. The average Bonchev–Trinajstić information content (AvgIpc) is 2.39. The van der Waals surface area contributed by atoms with E-state index in [1.54, 1.807) is 30.5 Å². The van der Waals surface area contributed by atoms with Crippen LogP contribution in [0.1, 0.15) is 18.5 Å². The standard InChI is InChI=1S/C13H13N3O3/c1-9(14)10-6-7-15-13(8-10)19-12-5-3-2-4-11(12)16(17)18/h2-9H,14H2,1H3. The topological polar surface area (TPSA) is 91.3 Å². The fraction of sp³-hybridized carbons (Fsp3) is 0.154. The molecule has 0 spiro atoms. The van der Waals surface area contributed by atoms with Crippen LogP contribution in [0.25, 0.3) is 0 Å². The molecule has 0 aliphatic carbocycles. The van der Waals surface area contributed by atoms with Gasteiger partial charge in [-0.1, -0.05) is 12.1 Å². The third kappa shape index (κ3) is 3.05. The Labute approximate surface area is 110 Å². The van der Waals surface area contributed by atoms with Gasteiger partial charge in [0.25, 0.3) is 0 Å². The van der Waals surface area contributed by atoms with E-state index in [2.05, 4.69) is 4.98 Å². The first-order chi connectivity index (χ1) is 9.08. The zero-order valence-corrected chi connectivity index (χ0v) is 10.3. The molecular formula is C13H13N3O3. The predicted octanol–water partition coefficient (Wildman–Crippen LogP) is 2.80. The molecule has 1 atom stereocenters. The molecule has 2 N–H and O–H groups in total. The van der Waals surface area contributed by atoms with E-state index in [9.17, 15) is 10.1 Å². The highest BCUT2D eigenvalue weighted by atomic mass is 16.6. The molecular weight excluding hydrogens is 246 g/mol. The molecule has 2 aromatic rings. The van der Waals surface area contributed by atoms with Crippen LogP contribution in [0.4, 0.5) is 5.69 Å². The second-order valence-corrected chi connectivity index (χ2v) is 4.04. The van der Waals surface area contributed by atoms with Crippen LogP contribution in [0.3, 0.4) is 0 Å². The fourth-order valence-electron chi connectivity index (χ4n) is 1.57. The summed E-state index contributed by atoms with van der Waals surface area (Å²) in [6.07, 6.45) is 1.56. The van der Waals surface area contributed by atoms with Crippen molar-refractivity contribution in [3.8, 4) is 11.6 Å². The molecule has 0 aliphatic heterocycles. The first-order valence-corrected chi connectivity index (χ1v) is 5.70. The van der Waals surface area contributed by atoms with E-state index in [0.717, 1.165) is 5.56 Å². The molecule has 1 heterocycles. The van der Waals surface area contributed by atoms with Crippen molar-refractivity contribution < 1.29 is 9.66 Å². The number of pyridine rings is 1. The molecule has 6 heteroatoms. The van der Waals surface area contributed by atoms with E-state index in [-0.39, 0.29) is 23.4 Å². The number of hydrogen-bond donors (Lipinski definition) is 1. The number of para-hydroxylation sites is 2. The van der Waals surface area contributed by atoms with Gasteiger partial charge in [0.05, 0.1) is 4.92 Å². The minimum atomic E-state index is -0.495. The number of aromatic nitrogens is 1. The minimum Gasteiger partial charge on any atom is -0.432 e. The minimum absolute atomic E-state index is 0.101. The molecule has 0 aliphatic rings. The summed E-state index contributed by atoms with van der Waals surface area (Å²) >= 11 is 0. The van der Waals surface area contributed by atoms with Crippen LogP contribution in [0.2, 0.25) is 0 Å². The molecule has 0 radical (unpaired) electrons. The van der Waals surface area contributed by atoms with Gasteiger partial charge < -0.3 is 10.5 Å². The van der Waals surface area contributed by atoms with Crippen LogP contribution in [-0.2, 0) is 0 Å². The highest BCUT2D eigenvalue weighted by Gasteiger charge is 2.15. The van der Waals surface area contributed by atoms with Gasteiger partial charge in [0, 0.05) is 24.4 Å². The van der Waals surface area contributed by atoms with E-state index in [1.807, 2.05) is 6.92 Å². The lowest BCUT2D eigenvalue weighted by atomic mass is 10.1. The van der Waals surface area contributed by atoms with Crippen LogP contribution in [0.15, 0.2) is 42.6 Å². The quantitative estimate of drug-likeness (QED) is 0.673. The third-order valence-corrected chi connectivity index (χ3v) is 2.56. The van der Waals surface area contributed by atoms with Crippen molar-refractivity contribution >= 4 is 5.69 Å². The number of nitrogens with zero attached hydrogens (tertiary/aromatic N) is 2. The maximum atomic E-state index is 10.9. The number of hydrogen-bond acceptors (Lipinski definition) is 5. The summed E-state index contributed by atoms with van der Waals surface area (Å²) in [6.45, 7) is 1.84. The lowest BCUT2D eigenvalue weighted by molar-refractivity contribution is -0.385. The Hall–Kier alpha value is -2.47. The van der Waals surface area contributed by atoms with Crippen molar-refractivity contribution in [2.24, 2.45) is 5.73 Å². The summed E-state index contributed by atoms with van der Waals surface area (Å²) < 4.78 is 5.45. The summed E-state index contributed by atoms with van der Waals surface area (Å²) in [6, 6.07) is 9.44. The molecule has 1 aromatic carbocycles. The maximum absolute atomic E-state index is 10.9. The largest absolute Gasteiger partial charge is 0.432 e. The summed E-state index contributed by atoms with van der Waals surface area (Å²) in [5.74, 6) is 0.436. The average molecular weight is 259 g/mol. The summed E-state index contributed by atoms with van der Waals surface area (Å²) in [5.41, 5.74) is 6.51. The highest BCUT2D eigenvalue weighted by molar-refractivity contribution is 5.47.